The van der Waals surface area contributed by atoms with Gasteiger partial charge in [0, 0.05) is 6.42 Å². The SMILES string of the molecule is CC(C)[C@H](N)C(=O)N(C(=O)CCc1ccc(O)cc1)[C@@H](CCCC(N)C(=O)OCc1ccccc1)C(=O)NC(CC(=O)O)C(=O)C=[N+]=[N-]. The number of nitrogens with one attached hydrogen (secondary N) is 1. The van der Waals surface area contributed by atoms with E-state index in [2.05, 4.69) is 10.1 Å². The molecule has 0 aliphatic heterocycles. The van der Waals surface area contributed by atoms with Gasteiger partial charge in [-0.25, -0.2) is 0 Å². The summed E-state index contributed by atoms with van der Waals surface area (Å²) in [4.78, 5) is 81.0. The zero-order valence-electron chi connectivity index (χ0n) is 26.9. The molecule has 0 spiro atoms. The number of aryl methyl sites for hydroxylation is 1. The summed E-state index contributed by atoms with van der Waals surface area (Å²) < 4.78 is 5.28. The quantitative estimate of drug-likeness (QED) is 0.0614. The first kappa shape index (κ1) is 38.9. The van der Waals surface area contributed by atoms with Crippen LogP contribution in [0.2, 0.25) is 0 Å². The summed E-state index contributed by atoms with van der Waals surface area (Å²) in [6.45, 7) is 3.28. The van der Waals surface area contributed by atoms with Crippen molar-refractivity contribution in [2.45, 2.75) is 83.1 Å². The van der Waals surface area contributed by atoms with Crippen molar-refractivity contribution in [3.05, 3.63) is 71.3 Å². The summed E-state index contributed by atoms with van der Waals surface area (Å²) >= 11 is 0. The molecule has 3 amide bonds. The van der Waals surface area contributed by atoms with Crippen molar-refractivity contribution in [1.29, 1.82) is 0 Å². The molecule has 48 heavy (non-hydrogen) atoms. The molecule has 0 saturated carbocycles. The molecule has 2 aromatic rings. The number of carbonyl (C=O) groups is 6. The highest BCUT2D eigenvalue weighted by molar-refractivity contribution is 6.28. The third-order valence-electron chi connectivity index (χ3n) is 7.43. The Balaban J connectivity index is 2.37. The Morgan fingerprint density at radius 1 is 0.979 bits per heavy atom. The molecule has 0 saturated heterocycles. The standard InChI is InChI=1S/C33H42N6O9/c1-20(2)30(35)32(46)39(28(42)16-13-21-11-14-23(40)15-12-21)26(31(45)38-25(17-29(43)44)27(41)18-37-36)10-6-9-24(34)33(47)48-19-22-7-4-3-5-8-22/h3-5,7-8,11-12,14-15,18,20,24-26,30,40H,6,9-10,13,16-17,19,34-35H2,1-2H3,(H,38,45)(H,43,44)/t24?,25?,26-,30-/m0/s1. The van der Waals surface area contributed by atoms with Crippen molar-refractivity contribution in [2.75, 3.05) is 0 Å². The van der Waals surface area contributed by atoms with Crippen LogP contribution in [0.1, 0.15) is 57.1 Å². The molecule has 0 bridgehead atoms. The van der Waals surface area contributed by atoms with E-state index in [9.17, 15) is 39.0 Å². The van der Waals surface area contributed by atoms with E-state index in [0.717, 1.165) is 5.56 Å². The van der Waals surface area contributed by atoms with Crippen molar-refractivity contribution < 1.29 is 48.5 Å². The molecule has 2 aromatic carbocycles. The van der Waals surface area contributed by atoms with Gasteiger partial charge in [-0.05, 0) is 54.9 Å². The molecule has 15 nitrogen and oxygen atoms in total. The number of phenols is 1. The highest BCUT2D eigenvalue weighted by Crippen LogP contribution is 2.19. The molecule has 0 aliphatic carbocycles. The molecule has 2 unspecified atom stereocenters. The molecule has 0 fully saturated rings. The molecule has 0 aromatic heterocycles. The number of carbonyl (C=O) groups excluding carboxylic acids is 5. The summed E-state index contributed by atoms with van der Waals surface area (Å²) in [5.74, 6) is -6.39. The van der Waals surface area contributed by atoms with Gasteiger partial charge in [0.2, 0.25) is 17.7 Å². The molecule has 7 N–H and O–H groups in total. The van der Waals surface area contributed by atoms with E-state index in [1.165, 1.54) is 12.1 Å². The number of ketones is 1. The summed E-state index contributed by atoms with van der Waals surface area (Å²) in [6.07, 6.45) is -0.855. The fourth-order valence-electron chi connectivity index (χ4n) is 4.60. The van der Waals surface area contributed by atoms with Gasteiger partial charge in [-0.15, -0.1) is 0 Å². The van der Waals surface area contributed by atoms with Gasteiger partial charge in [-0.1, -0.05) is 56.3 Å². The van der Waals surface area contributed by atoms with E-state index in [1.54, 1.807) is 50.2 Å². The van der Waals surface area contributed by atoms with Crippen LogP contribution >= 0.6 is 0 Å². The third kappa shape index (κ3) is 12.5. The Hall–Kier alpha value is -5.24. The van der Waals surface area contributed by atoms with Crippen LogP contribution in [0.4, 0.5) is 0 Å². The molecular weight excluding hydrogens is 624 g/mol. The number of benzene rings is 2. The summed E-state index contributed by atoms with van der Waals surface area (Å²) in [5, 5.41) is 21.2. The number of carboxylic acid groups (broad SMARTS) is 1. The molecule has 0 radical (unpaired) electrons. The Bertz CT molecular complexity index is 1480. The van der Waals surface area contributed by atoms with Gasteiger partial charge in [-0.3, -0.25) is 33.7 Å². The van der Waals surface area contributed by atoms with Crippen LogP contribution in [0.5, 0.6) is 5.75 Å². The number of aromatic hydroxyl groups is 1. The Morgan fingerprint density at radius 3 is 2.21 bits per heavy atom. The molecule has 0 heterocycles. The minimum atomic E-state index is -1.70. The number of imide groups is 1. The highest BCUT2D eigenvalue weighted by atomic mass is 16.5. The van der Waals surface area contributed by atoms with Crippen LogP contribution in [0, 0.1) is 5.92 Å². The van der Waals surface area contributed by atoms with Gasteiger partial charge in [0.25, 0.3) is 5.78 Å². The van der Waals surface area contributed by atoms with Crippen LogP contribution in [0.25, 0.3) is 5.53 Å². The fraction of sp³-hybridized carbons (Fsp3) is 0.424. The lowest BCUT2D eigenvalue weighted by Gasteiger charge is -2.33. The second-order valence-electron chi connectivity index (χ2n) is 11.5. The number of phenolic OH excluding ortho intramolecular Hbond substituents is 1. The summed E-state index contributed by atoms with van der Waals surface area (Å²) in [7, 11) is 0. The maximum atomic E-state index is 13.8. The maximum Gasteiger partial charge on any atom is 0.325 e. The number of nitrogens with zero attached hydrogens (tertiary/aromatic N) is 3. The number of nitrogens with two attached hydrogens (primary N) is 2. The van der Waals surface area contributed by atoms with E-state index < -0.39 is 71.9 Å². The molecular formula is C33H42N6O9. The number of esters is 1. The summed E-state index contributed by atoms with van der Waals surface area (Å²) in [6, 6.07) is 9.29. The average molecular weight is 667 g/mol. The highest BCUT2D eigenvalue weighted by Gasteiger charge is 2.39. The lowest BCUT2D eigenvalue weighted by atomic mass is 9.98. The molecule has 258 valence electrons. The van der Waals surface area contributed by atoms with Gasteiger partial charge in [0.15, 0.2) is 0 Å². The number of hydrogen-bond acceptors (Lipinski definition) is 10. The average Bonchev–Trinajstić information content (AvgIpc) is 3.05. The van der Waals surface area contributed by atoms with Crippen molar-refractivity contribution >= 4 is 41.7 Å². The second kappa shape index (κ2) is 19.4. The third-order valence-corrected chi connectivity index (χ3v) is 7.43. The lowest BCUT2D eigenvalue weighted by Crippen LogP contribution is -2.59. The van der Waals surface area contributed by atoms with E-state index in [-0.39, 0.29) is 44.5 Å². The topological polar surface area (TPSA) is 256 Å². The van der Waals surface area contributed by atoms with E-state index in [0.29, 0.717) is 16.7 Å². The monoisotopic (exact) mass is 666 g/mol. The molecule has 0 aliphatic rings. The van der Waals surface area contributed by atoms with E-state index in [4.69, 9.17) is 21.7 Å². The predicted molar refractivity (Wildman–Crippen MR) is 172 cm³/mol. The van der Waals surface area contributed by atoms with Crippen LogP contribution in [-0.4, -0.2) is 85.7 Å². The van der Waals surface area contributed by atoms with Gasteiger partial charge in [0.05, 0.1) is 12.5 Å². The second-order valence-corrected chi connectivity index (χ2v) is 11.5. The molecule has 4 atom stereocenters. The van der Waals surface area contributed by atoms with E-state index >= 15 is 0 Å². The first-order valence-corrected chi connectivity index (χ1v) is 15.3. The number of aliphatic carboxylic acids is 1. The van der Waals surface area contributed by atoms with Gasteiger partial charge in [-0.2, -0.15) is 4.79 Å². The number of amides is 3. The zero-order valence-corrected chi connectivity index (χ0v) is 26.9. The first-order valence-electron chi connectivity index (χ1n) is 15.3. The zero-order chi connectivity index (χ0) is 35.8. The van der Waals surface area contributed by atoms with Gasteiger partial charge < -0.3 is 37.3 Å². The van der Waals surface area contributed by atoms with Crippen LogP contribution in [-0.2, 0) is 46.5 Å². The number of rotatable bonds is 19. The Kier molecular flexibility index (Phi) is 15.8. The summed E-state index contributed by atoms with van der Waals surface area (Å²) in [5.41, 5.74) is 22.4. The minimum Gasteiger partial charge on any atom is -0.508 e. The largest absolute Gasteiger partial charge is 0.508 e. The van der Waals surface area contributed by atoms with Crippen molar-refractivity contribution in [1.82, 2.24) is 10.2 Å². The Labute approximate surface area is 277 Å². The van der Waals surface area contributed by atoms with Crippen LogP contribution < -0.4 is 16.8 Å². The maximum absolute atomic E-state index is 13.8. The number of Topliss-reactive ketones (excluding diaryl/α,β-unsaturated/α-hetero) is 1. The molecule has 2 rings (SSSR count). The van der Waals surface area contributed by atoms with Crippen molar-refractivity contribution in [2.24, 2.45) is 17.4 Å². The smallest absolute Gasteiger partial charge is 0.325 e. The fourth-order valence-corrected chi connectivity index (χ4v) is 4.60. The van der Waals surface area contributed by atoms with E-state index in [1.807, 2.05) is 6.07 Å². The van der Waals surface area contributed by atoms with Gasteiger partial charge in [0.1, 0.15) is 30.5 Å². The van der Waals surface area contributed by atoms with Crippen LogP contribution in [0.3, 0.4) is 0 Å². The normalized spacial score (nSPS) is 13.3. The minimum absolute atomic E-state index is 0.0142. The molecule has 15 heteroatoms. The number of ether oxygens (including phenoxy) is 1. The lowest BCUT2D eigenvalue weighted by molar-refractivity contribution is -0.154. The number of hydrogen-bond donors (Lipinski definition) is 5. The first-order chi connectivity index (χ1) is 22.7. The predicted octanol–water partition coefficient (Wildman–Crippen LogP) is 1.10. The van der Waals surface area contributed by atoms with Crippen LogP contribution in [0.15, 0.2) is 54.6 Å². The van der Waals surface area contributed by atoms with Crippen molar-refractivity contribution in [3.8, 4) is 5.75 Å². The van der Waals surface area contributed by atoms with Gasteiger partial charge >= 0.3 is 18.2 Å². The Morgan fingerprint density at radius 2 is 1.62 bits per heavy atom. The number of carboxylic acids is 1. The van der Waals surface area contributed by atoms with Crippen molar-refractivity contribution in [3.63, 3.8) is 0 Å².